The first-order valence-corrected chi connectivity index (χ1v) is 7.75. The Balaban J connectivity index is 1.86. The highest BCUT2D eigenvalue weighted by Gasteiger charge is 2.08. The number of nitro benzene ring substituents is 1. The zero-order valence-electron chi connectivity index (χ0n) is 12.2. The molecule has 0 radical (unpaired) electrons. The lowest BCUT2D eigenvalue weighted by atomic mass is 10.2. The molecule has 0 saturated carbocycles. The molecule has 0 aliphatic heterocycles. The predicted octanol–water partition coefficient (Wildman–Crippen LogP) is 2.60. The second-order valence-corrected chi connectivity index (χ2v) is 5.88. The molecule has 0 unspecified atom stereocenters. The Labute approximate surface area is 135 Å². The van der Waals surface area contributed by atoms with Crippen molar-refractivity contribution in [1.82, 2.24) is 14.4 Å². The third-order valence-electron chi connectivity index (χ3n) is 3.19. The highest BCUT2D eigenvalue weighted by Crippen LogP contribution is 2.21. The summed E-state index contributed by atoms with van der Waals surface area (Å²) >= 11 is 1.27. The van der Waals surface area contributed by atoms with Crippen LogP contribution in [0, 0.1) is 17.0 Å². The van der Waals surface area contributed by atoms with Gasteiger partial charge in [-0.3, -0.25) is 14.5 Å². The van der Waals surface area contributed by atoms with Gasteiger partial charge in [0.15, 0.2) is 5.16 Å². The number of thioether (sulfide) groups is 1. The average Bonchev–Trinajstić information content (AvgIpc) is 2.52. The molecule has 3 aromatic rings. The van der Waals surface area contributed by atoms with Gasteiger partial charge in [0.2, 0.25) is 0 Å². The Morgan fingerprint density at radius 1 is 1.26 bits per heavy atom. The van der Waals surface area contributed by atoms with Crippen molar-refractivity contribution in [2.24, 2.45) is 0 Å². The maximum Gasteiger partial charge on any atom is 0.355 e. The summed E-state index contributed by atoms with van der Waals surface area (Å²) in [6.07, 6.45) is 1.64. The van der Waals surface area contributed by atoms with Crippen LogP contribution in [0.3, 0.4) is 0 Å². The molecule has 7 nitrogen and oxygen atoms in total. The summed E-state index contributed by atoms with van der Waals surface area (Å²) in [6.45, 7) is 1.92. The summed E-state index contributed by atoms with van der Waals surface area (Å²) in [6, 6.07) is 9.99. The Bertz CT molecular complexity index is 955. The van der Waals surface area contributed by atoms with E-state index in [4.69, 9.17) is 0 Å². The molecule has 2 aromatic heterocycles. The minimum atomic E-state index is -0.435. The average molecular weight is 328 g/mol. The van der Waals surface area contributed by atoms with Gasteiger partial charge in [-0.25, -0.2) is 9.78 Å². The summed E-state index contributed by atoms with van der Waals surface area (Å²) in [4.78, 5) is 30.6. The maximum absolute atomic E-state index is 12.0. The van der Waals surface area contributed by atoms with Crippen LogP contribution in [0.25, 0.3) is 5.65 Å². The van der Waals surface area contributed by atoms with Crippen molar-refractivity contribution >= 4 is 23.1 Å². The second-order valence-electron chi connectivity index (χ2n) is 4.94. The number of fused-ring (bicyclic) bond motifs is 1. The Hall–Kier alpha value is -2.74. The lowest BCUT2D eigenvalue weighted by molar-refractivity contribution is -0.384. The predicted molar refractivity (Wildman–Crippen MR) is 86.7 cm³/mol. The van der Waals surface area contributed by atoms with Gasteiger partial charge in [0, 0.05) is 24.1 Å². The number of aromatic nitrogens is 3. The lowest BCUT2D eigenvalue weighted by Gasteiger charge is -2.04. The fraction of sp³-hybridized carbons (Fsp3) is 0.133. The molecule has 1 aromatic carbocycles. The maximum atomic E-state index is 12.0. The van der Waals surface area contributed by atoms with Gasteiger partial charge >= 0.3 is 5.69 Å². The van der Waals surface area contributed by atoms with Crippen LogP contribution >= 0.6 is 11.8 Å². The van der Waals surface area contributed by atoms with E-state index in [1.165, 1.54) is 28.3 Å². The highest BCUT2D eigenvalue weighted by molar-refractivity contribution is 7.98. The Morgan fingerprint density at radius 3 is 2.87 bits per heavy atom. The quantitative estimate of drug-likeness (QED) is 0.415. The van der Waals surface area contributed by atoms with Gasteiger partial charge in [-0.1, -0.05) is 23.9 Å². The molecule has 0 spiro atoms. The minimum absolute atomic E-state index is 0.0400. The molecule has 0 amide bonds. The van der Waals surface area contributed by atoms with Crippen molar-refractivity contribution in [2.75, 3.05) is 0 Å². The minimum Gasteiger partial charge on any atom is -0.258 e. The fourth-order valence-corrected chi connectivity index (χ4v) is 2.84. The molecule has 0 aliphatic carbocycles. The van der Waals surface area contributed by atoms with Gasteiger partial charge in [0.25, 0.3) is 5.69 Å². The van der Waals surface area contributed by atoms with Crippen molar-refractivity contribution in [1.29, 1.82) is 0 Å². The van der Waals surface area contributed by atoms with Crippen LogP contribution in [-0.4, -0.2) is 19.3 Å². The van der Waals surface area contributed by atoms with Crippen LogP contribution in [-0.2, 0) is 5.75 Å². The van der Waals surface area contributed by atoms with Crippen LogP contribution in [0.1, 0.15) is 11.1 Å². The number of aryl methyl sites for hydroxylation is 1. The summed E-state index contributed by atoms with van der Waals surface area (Å²) < 4.78 is 1.38. The SMILES string of the molecule is Cc1ccn2c(=O)nc(SCc3cccc([N+](=O)[O-])c3)nc2c1. The molecule has 0 saturated heterocycles. The van der Waals surface area contributed by atoms with E-state index >= 15 is 0 Å². The van der Waals surface area contributed by atoms with E-state index < -0.39 is 10.6 Å². The van der Waals surface area contributed by atoms with Crippen LogP contribution < -0.4 is 5.69 Å². The molecule has 3 rings (SSSR count). The Morgan fingerprint density at radius 2 is 2.09 bits per heavy atom. The van der Waals surface area contributed by atoms with Crippen LogP contribution in [0.15, 0.2) is 52.5 Å². The third-order valence-corrected chi connectivity index (χ3v) is 4.11. The lowest BCUT2D eigenvalue weighted by Crippen LogP contribution is -2.19. The number of nitrogens with zero attached hydrogens (tertiary/aromatic N) is 4. The van der Waals surface area contributed by atoms with Gasteiger partial charge in [-0.05, 0) is 30.2 Å². The monoisotopic (exact) mass is 328 g/mol. The third kappa shape index (κ3) is 3.37. The van der Waals surface area contributed by atoms with E-state index in [1.54, 1.807) is 24.4 Å². The first-order valence-electron chi connectivity index (χ1n) is 6.76. The molecular formula is C15H12N4O3S. The van der Waals surface area contributed by atoms with Gasteiger partial charge in [0.05, 0.1) is 4.92 Å². The first-order chi connectivity index (χ1) is 11.0. The number of pyridine rings is 1. The highest BCUT2D eigenvalue weighted by atomic mass is 32.2. The number of non-ortho nitro benzene ring substituents is 1. The molecular weight excluding hydrogens is 316 g/mol. The molecule has 0 fully saturated rings. The van der Waals surface area contributed by atoms with Crippen molar-refractivity contribution in [3.8, 4) is 0 Å². The van der Waals surface area contributed by atoms with Crippen molar-refractivity contribution in [3.05, 3.63) is 74.3 Å². The number of benzene rings is 1. The second kappa shape index (κ2) is 6.17. The first kappa shape index (κ1) is 15.2. The number of rotatable bonds is 4. The molecule has 8 heteroatoms. The molecule has 2 heterocycles. The van der Waals surface area contributed by atoms with Gasteiger partial charge in [-0.2, -0.15) is 4.98 Å². The number of nitro groups is 1. The molecule has 0 atom stereocenters. The van der Waals surface area contributed by atoms with Gasteiger partial charge in [-0.15, -0.1) is 0 Å². The van der Waals surface area contributed by atoms with Crippen LogP contribution in [0.4, 0.5) is 5.69 Å². The zero-order chi connectivity index (χ0) is 16.4. The van der Waals surface area contributed by atoms with E-state index in [2.05, 4.69) is 9.97 Å². The van der Waals surface area contributed by atoms with E-state index in [0.29, 0.717) is 16.6 Å². The van der Waals surface area contributed by atoms with E-state index in [-0.39, 0.29) is 5.69 Å². The normalized spacial score (nSPS) is 10.8. The summed E-state index contributed by atoms with van der Waals surface area (Å²) in [7, 11) is 0. The van der Waals surface area contributed by atoms with E-state index in [9.17, 15) is 14.9 Å². The number of hydrogen-bond acceptors (Lipinski definition) is 6. The Kier molecular flexibility index (Phi) is 4.07. The molecule has 0 bridgehead atoms. The van der Waals surface area contributed by atoms with Gasteiger partial charge in [0.1, 0.15) is 5.65 Å². The van der Waals surface area contributed by atoms with Crippen molar-refractivity contribution in [2.45, 2.75) is 17.8 Å². The van der Waals surface area contributed by atoms with E-state index in [1.807, 2.05) is 13.0 Å². The topological polar surface area (TPSA) is 90.4 Å². The van der Waals surface area contributed by atoms with E-state index in [0.717, 1.165) is 11.1 Å². The smallest absolute Gasteiger partial charge is 0.258 e. The van der Waals surface area contributed by atoms with Crippen molar-refractivity contribution in [3.63, 3.8) is 0 Å². The van der Waals surface area contributed by atoms with Gasteiger partial charge < -0.3 is 0 Å². The van der Waals surface area contributed by atoms with Crippen molar-refractivity contribution < 1.29 is 4.92 Å². The number of hydrogen-bond donors (Lipinski definition) is 0. The summed E-state index contributed by atoms with van der Waals surface area (Å²) in [5, 5.41) is 11.1. The molecule has 0 aliphatic rings. The zero-order valence-corrected chi connectivity index (χ0v) is 13.0. The summed E-state index contributed by atoms with van der Waals surface area (Å²) in [5.41, 5.74) is 1.95. The molecule has 116 valence electrons. The summed E-state index contributed by atoms with van der Waals surface area (Å²) in [5.74, 6) is 0.448. The standard InChI is InChI=1S/C15H12N4O3S/c1-10-5-6-18-13(7-10)16-14(17-15(18)20)23-9-11-3-2-4-12(8-11)19(21)22/h2-8H,9H2,1H3. The van der Waals surface area contributed by atoms with Crippen LogP contribution in [0.5, 0.6) is 0 Å². The molecule has 0 N–H and O–H groups in total. The molecule has 23 heavy (non-hydrogen) atoms. The van der Waals surface area contributed by atoms with Crippen LogP contribution in [0.2, 0.25) is 0 Å². The largest absolute Gasteiger partial charge is 0.355 e. The fourth-order valence-electron chi connectivity index (χ4n) is 2.07.